The maximum atomic E-state index is 5.72. The van der Waals surface area contributed by atoms with Crippen molar-refractivity contribution in [3.63, 3.8) is 0 Å². The van der Waals surface area contributed by atoms with Gasteiger partial charge in [-0.2, -0.15) is 0 Å². The average molecular weight is 207 g/mol. The highest BCUT2D eigenvalue weighted by Crippen LogP contribution is 2.28. The van der Waals surface area contributed by atoms with Gasteiger partial charge in [0.15, 0.2) is 0 Å². The molecule has 0 unspecified atom stereocenters. The zero-order valence-electron chi connectivity index (χ0n) is 9.58. The first-order valence-electron chi connectivity index (χ1n) is 6.00. The van der Waals surface area contributed by atoms with Crippen LogP contribution in [0.3, 0.4) is 0 Å². The van der Waals surface area contributed by atoms with E-state index in [0.29, 0.717) is 6.54 Å². The van der Waals surface area contributed by atoms with E-state index in [0.717, 1.165) is 12.3 Å². The molecule has 3 heteroatoms. The molecule has 0 spiro atoms. The lowest BCUT2D eigenvalue weighted by Crippen LogP contribution is -2.07. The topological polar surface area (TPSA) is 43.8 Å². The number of nitrogens with zero attached hydrogens (tertiary/aromatic N) is 2. The zero-order valence-corrected chi connectivity index (χ0v) is 9.58. The van der Waals surface area contributed by atoms with E-state index in [9.17, 15) is 0 Å². The molecule has 15 heavy (non-hydrogen) atoms. The van der Waals surface area contributed by atoms with Crippen LogP contribution in [0.15, 0.2) is 6.33 Å². The lowest BCUT2D eigenvalue weighted by atomic mass is 10.00. The highest BCUT2D eigenvalue weighted by atomic mass is 15.0. The first-order chi connectivity index (χ1) is 7.31. The van der Waals surface area contributed by atoms with Gasteiger partial charge < -0.3 is 10.3 Å². The van der Waals surface area contributed by atoms with E-state index in [1.54, 1.807) is 0 Å². The number of rotatable bonds is 4. The van der Waals surface area contributed by atoms with Gasteiger partial charge in [-0.15, -0.1) is 0 Å². The van der Waals surface area contributed by atoms with Crippen molar-refractivity contribution in [3.05, 3.63) is 17.7 Å². The minimum atomic E-state index is 0.608. The molecule has 1 aromatic heterocycles. The van der Waals surface area contributed by atoms with Crippen LogP contribution in [0.2, 0.25) is 0 Å². The molecule has 0 amide bonds. The van der Waals surface area contributed by atoms with Gasteiger partial charge in [-0.05, 0) is 18.8 Å². The third kappa shape index (κ3) is 2.40. The first-order valence-corrected chi connectivity index (χ1v) is 6.00. The summed E-state index contributed by atoms with van der Waals surface area (Å²) in [6.07, 6.45) is 9.98. The second-order valence-corrected chi connectivity index (χ2v) is 4.64. The third-order valence-corrected chi connectivity index (χ3v) is 3.60. The Morgan fingerprint density at radius 1 is 1.47 bits per heavy atom. The summed E-state index contributed by atoms with van der Waals surface area (Å²) < 4.78 is 2.05. The number of aromatic nitrogens is 2. The molecule has 84 valence electrons. The molecule has 0 aliphatic heterocycles. The van der Waals surface area contributed by atoms with E-state index >= 15 is 0 Å². The molecule has 0 saturated heterocycles. The Hall–Kier alpha value is -0.830. The molecular formula is C12H21N3. The van der Waals surface area contributed by atoms with Gasteiger partial charge in [0.05, 0.1) is 17.7 Å². The summed E-state index contributed by atoms with van der Waals surface area (Å²) >= 11 is 0. The molecule has 1 fully saturated rings. The van der Waals surface area contributed by atoms with Crippen molar-refractivity contribution in [3.8, 4) is 0 Å². The lowest BCUT2D eigenvalue weighted by molar-refractivity contribution is 0.500. The highest BCUT2D eigenvalue weighted by molar-refractivity contribution is 5.12. The van der Waals surface area contributed by atoms with Crippen LogP contribution in [0, 0.1) is 5.92 Å². The minimum Gasteiger partial charge on any atom is -0.336 e. The van der Waals surface area contributed by atoms with Crippen molar-refractivity contribution in [1.82, 2.24) is 9.55 Å². The molecule has 2 N–H and O–H groups in total. The second-order valence-electron chi connectivity index (χ2n) is 4.64. The van der Waals surface area contributed by atoms with Crippen LogP contribution in [0.4, 0.5) is 0 Å². The smallest absolute Gasteiger partial charge is 0.0949 e. The van der Waals surface area contributed by atoms with Gasteiger partial charge in [-0.25, -0.2) is 4.98 Å². The van der Waals surface area contributed by atoms with Gasteiger partial charge in [0.2, 0.25) is 0 Å². The molecule has 1 saturated carbocycles. The summed E-state index contributed by atoms with van der Waals surface area (Å²) in [6, 6.07) is 0. The normalized spacial score (nSPS) is 17.5. The van der Waals surface area contributed by atoms with Crippen molar-refractivity contribution in [2.45, 2.75) is 45.1 Å². The summed E-state index contributed by atoms with van der Waals surface area (Å²) in [5, 5.41) is 0. The van der Waals surface area contributed by atoms with Crippen molar-refractivity contribution < 1.29 is 0 Å². The summed E-state index contributed by atoms with van der Waals surface area (Å²) in [5.41, 5.74) is 8.14. The number of nitrogens with two attached hydrogens (primary N) is 1. The van der Waals surface area contributed by atoms with Crippen molar-refractivity contribution in [2.75, 3.05) is 0 Å². The average Bonchev–Trinajstić information content (AvgIpc) is 2.84. The predicted octanol–water partition coefficient (Wildman–Crippen LogP) is 2.00. The number of aryl methyl sites for hydroxylation is 2. The Morgan fingerprint density at radius 2 is 2.20 bits per heavy atom. The van der Waals surface area contributed by atoms with E-state index < -0.39 is 0 Å². The van der Waals surface area contributed by atoms with Crippen molar-refractivity contribution in [2.24, 2.45) is 18.7 Å². The molecule has 0 radical (unpaired) electrons. The van der Waals surface area contributed by atoms with Crippen LogP contribution in [-0.4, -0.2) is 9.55 Å². The van der Waals surface area contributed by atoms with Crippen LogP contribution >= 0.6 is 0 Å². The second kappa shape index (κ2) is 4.79. The van der Waals surface area contributed by atoms with E-state index in [-0.39, 0.29) is 0 Å². The van der Waals surface area contributed by atoms with Gasteiger partial charge in [0.25, 0.3) is 0 Å². The van der Waals surface area contributed by atoms with E-state index in [4.69, 9.17) is 5.73 Å². The Bertz CT molecular complexity index is 311. The number of hydrogen-bond donors (Lipinski definition) is 1. The minimum absolute atomic E-state index is 0.608. The van der Waals surface area contributed by atoms with Crippen LogP contribution in [-0.2, 0) is 20.0 Å². The molecular weight excluding hydrogens is 186 g/mol. The zero-order chi connectivity index (χ0) is 10.7. The lowest BCUT2D eigenvalue weighted by Gasteiger charge is -2.08. The summed E-state index contributed by atoms with van der Waals surface area (Å²) in [4.78, 5) is 4.43. The molecule has 0 aromatic carbocycles. The largest absolute Gasteiger partial charge is 0.336 e. The van der Waals surface area contributed by atoms with Crippen LogP contribution < -0.4 is 5.73 Å². The van der Waals surface area contributed by atoms with Gasteiger partial charge in [-0.1, -0.05) is 25.7 Å². The van der Waals surface area contributed by atoms with Crippen molar-refractivity contribution in [1.29, 1.82) is 0 Å². The summed E-state index contributed by atoms with van der Waals surface area (Å²) in [5.74, 6) is 0.942. The Labute approximate surface area is 91.7 Å². The molecule has 1 aliphatic rings. The first kappa shape index (κ1) is 10.7. The van der Waals surface area contributed by atoms with E-state index in [1.165, 1.54) is 43.5 Å². The van der Waals surface area contributed by atoms with E-state index in [2.05, 4.69) is 4.98 Å². The Morgan fingerprint density at radius 3 is 2.87 bits per heavy atom. The number of imidazole rings is 1. The molecule has 0 bridgehead atoms. The molecule has 1 heterocycles. The fraction of sp³-hybridized carbons (Fsp3) is 0.750. The van der Waals surface area contributed by atoms with E-state index in [1.807, 2.05) is 17.9 Å². The molecule has 1 aromatic rings. The van der Waals surface area contributed by atoms with Crippen molar-refractivity contribution >= 4 is 0 Å². The van der Waals surface area contributed by atoms with Gasteiger partial charge in [0, 0.05) is 13.6 Å². The van der Waals surface area contributed by atoms with Crippen LogP contribution in [0.25, 0.3) is 0 Å². The Balaban J connectivity index is 1.92. The molecule has 3 nitrogen and oxygen atoms in total. The van der Waals surface area contributed by atoms with Crippen LogP contribution in [0.1, 0.15) is 43.5 Å². The highest BCUT2D eigenvalue weighted by Gasteiger charge is 2.16. The Kier molecular flexibility index (Phi) is 3.41. The van der Waals surface area contributed by atoms with Gasteiger partial charge >= 0.3 is 0 Å². The molecule has 1 aliphatic carbocycles. The fourth-order valence-corrected chi connectivity index (χ4v) is 2.61. The van der Waals surface area contributed by atoms with Gasteiger partial charge in [-0.3, -0.25) is 0 Å². The number of hydrogen-bond acceptors (Lipinski definition) is 2. The standard InChI is InChI=1S/C12H21N3/c1-15-9-14-11(12(15)8-13)7-6-10-4-2-3-5-10/h9-10H,2-8,13H2,1H3. The monoisotopic (exact) mass is 207 g/mol. The summed E-state index contributed by atoms with van der Waals surface area (Å²) in [7, 11) is 2.02. The van der Waals surface area contributed by atoms with Crippen LogP contribution in [0.5, 0.6) is 0 Å². The molecule has 0 atom stereocenters. The quantitative estimate of drug-likeness (QED) is 0.820. The SMILES string of the molecule is Cn1cnc(CCC2CCCC2)c1CN. The predicted molar refractivity (Wildman–Crippen MR) is 61.4 cm³/mol. The third-order valence-electron chi connectivity index (χ3n) is 3.60. The maximum Gasteiger partial charge on any atom is 0.0949 e. The maximum absolute atomic E-state index is 5.72. The fourth-order valence-electron chi connectivity index (χ4n) is 2.61. The molecule has 2 rings (SSSR count). The summed E-state index contributed by atoms with van der Waals surface area (Å²) in [6.45, 7) is 0.608. The van der Waals surface area contributed by atoms with Gasteiger partial charge in [0.1, 0.15) is 0 Å².